The van der Waals surface area contributed by atoms with Crippen molar-refractivity contribution in [1.29, 1.82) is 0 Å². The van der Waals surface area contributed by atoms with Crippen LogP contribution in [-0.4, -0.2) is 26.4 Å². The summed E-state index contributed by atoms with van der Waals surface area (Å²) >= 11 is 0. The molecule has 0 aliphatic heterocycles. The highest BCUT2D eigenvalue weighted by Crippen LogP contribution is 2.56. The van der Waals surface area contributed by atoms with Crippen molar-refractivity contribution in [2.24, 2.45) is 0 Å². The fourth-order valence-corrected chi connectivity index (χ4v) is 8.28. The third-order valence-electron chi connectivity index (χ3n) is 5.62. The van der Waals surface area contributed by atoms with Gasteiger partial charge in [0.1, 0.15) is 40.4 Å². The Balaban J connectivity index is 0.00000306. The molecule has 33 heavy (non-hydrogen) atoms. The maximum atomic E-state index is 11.1. The topological polar surface area (TPSA) is 47.9 Å². The SMILES string of the molecule is COc1ccc([P+](c2ccc(OC)cc2)(c2ccc(OC)cc2)c2ccccc2O)cc1.[Br-]. The molecule has 0 aliphatic carbocycles. The van der Waals surface area contributed by atoms with Gasteiger partial charge in [-0.05, 0) is 84.9 Å². The van der Waals surface area contributed by atoms with Crippen molar-refractivity contribution < 1.29 is 36.3 Å². The molecule has 0 bridgehead atoms. The molecule has 0 aliphatic rings. The summed E-state index contributed by atoms with van der Waals surface area (Å²) < 4.78 is 16.2. The highest BCUT2D eigenvalue weighted by atomic mass is 79.9. The zero-order valence-corrected chi connectivity index (χ0v) is 21.2. The van der Waals surface area contributed by atoms with Crippen molar-refractivity contribution >= 4 is 28.5 Å². The van der Waals surface area contributed by atoms with Gasteiger partial charge in [0.05, 0.1) is 21.3 Å². The van der Waals surface area contributed by atoms with E-state index in [0.29, 0.717) is 0 Å². The number of phenolic OH excluding ortho intramolecular Hbond substituents is 1. The van der Waals surface area contributed by atoms with Gasteiger partial charge in [0.15, 0.2) is 11.1 Å². The van der Waals surface area contributed by atoms with E-state index in [1.54, 1.807) is 27.4 Å². The Morgan fingerprint density at radius 3 is 1.15 bits per heavy atom. The van der Waals surface area contributed by atoms with E-state index >= 15 is 0 Å². The molecule has 4 aromatic rings. The number of halogens is 1. The molecular weight excluding hydrogens is 499 g/mol. The fourth-order valence-electron chi connectivity index (χ4n) is 4.03. The van der Waals surface area contributed by atoms with Crippen LogP contribution in [0.15, 0.2) is 97.1 Å². The zero-order chi connectivity index (χ0) is 22.6. The predicted molar refractivity (Wildman–Crippen MR) is 133 cm³/mol. The van der Waals surface area contributed by atoms with Crippen molar-refractivity contribution in [3.63, 3.8) is 0 Å². The highest BCUT2D eigenvalue weighted by Gasteiger charge is 2.49. The number of hydrogen-bond donors (Lipinski definition) is 1. The minimum atomic E-state index is -2.45. The lowest BCUT2D eigenvalue weighted by Crippen LogP contribution is -3.00. The summed E-state index contributed by atoms with van der Waals surface area (Å²) in [4.78, 5) is 0. The van der Waals surface area contributed by atoms with Crippen molar-refractivity contribution in [3.8, 4) is 23.0 Å². The van der Waals surface area contributed by atoms with Crippen LogP contribution in [0.2, 0.25) is 0 Å². The minimum Gasteiger partial charge on any atom is -1.00 e. The maximum Gasteiger partial charge on any atom is 0.159 e. The van der Waals surface area contributed by atoms with Gasteiger partial charge >= 0.3 is 0 Å². The lowest BCUT2D eigenvalue weighted by Gasteiger charge is -2.28. The Morgan fingerprint density at radius 1 is 0.515 bits per heavy atom. The van der Waals surface area contributed by atoms with Crippen molar-refractivity contribution in [1.82, 2.24) is 0 Å². The van der Waals surface area contributed by atoms with Crippen LogP contribution < -0.4 is 52.4 Å². The van der Waals surface area contributed by atoms with Crippen molar-refractivity contribution in [2.75, 3.05) is 21.3 Å². The van der Waals surface area contributed by atoms with Crippen LogP contribution in [0.4, 0.5) is 0 Å². The van der Waals surface area contributed by atoms with Gasteiger partial charge in [-0.15, -0.1) is 0 Å². The third kappa shape index (κ3) is 4.57. The third-order valence-corrected chi connectivity index (χ3v) is 9.94. The zero-order valence-electron chi connectivity index (χ0n) is 18.7. The molecular formula is C27H26BrO4P. The van der Waals surface area contributed by atoms with Gasteiger partial charge in [-0.2, -0.15) is 0 Å². The van der Waals surface area contributed by atoms with E-state index in [1.807, 2.05) is 54.6 Å². The van der Waals surface area contributed by atoms with Crippen LogP contribution in [0.5, 0.6) is 23.0 Å². The van der Waals surface area contributed by atoms with Crippen LogP contribution in [0.3, 0.4) is 0 Å². The average molecular weight is 525 g/mol. The number of aromatic hydroxyl groups is 1. The predicted octanol–water partition coefficient (Wildman–Crippen LogP) is 1.04. The van der Waals surface area contributed by atoms with E-state index in [0.717, 1.165) is 38.5 Å². The van der Waals surface area contributed by atoms with Gasteiger partial charge in [0.2, 0.25) is 0 Å². The first-order valence-electron chi connectivity index (χ1n) is 10.2. The standard InChI is InChI=1S/C27H25O4P.BrH/c1-29-20-8-14-23(15-9-20)32(27-7-5-4-6-26(27)28,24-16-10-21(30-2)11-17-24)25-18-12-22(31-3)13-19-25;/h4-19H,1-3H3;1H. The second kappa shape index (κ2) is 10.7. The molecule has 0 atom stereocenters. The van der Waals surface area contributed by atoms with Crippen LogP contribution in [-0.2, 0) is 0 Å². The summed E-state index contributed by atoms with van der Waals surface area (Å²) in [5, 5.41) is 15.3. The smallest absolute Gasteiger partial charge is 0.159 e. The Labute approximate surface area is 205 Å². The molecule has 0 fully saturated rings. The summed E-state index contributed by atoms with van der Waals surface area (Å²) in [6.45, 7) is 0. The van der Waals surface area contributed by atoms with Crippen LogP contribution >= 0.6 is 7.26 Å². The van der Waals surface area contributed by atoms with E-state index in [-0.39, 0.29) is 22.7 Å². The van der Waals surface area contributed by atoms with Gasteiger partial charge < -0.3 is 36.3 Å². The quantitative estimate of drug-likeness (QED) is 0.367. The number of para-hydroxylation sites is 1. The molecule has 170 valence electrons. The van der Waals surface area contributed by atoms with Crippen molar-refractivity contribution in [2.45, 2.75) is 0 Å². The molecule has 4 rings (SSSR count). The Morgan fingerprint density at radius 2 is 0.848 bits per heavy atom. The lowest BCUT2D eigenvalue weighted by molar-refractivity contribution is -0.00000818. The molecule has 6 heteroatoms. The Bertz CT molecular complexity index is 1060. The molecule has 0 spiro atoms. The maximum absolute atomic E-state index is 11.1. The summed E-state index contributed by atoms with van der Waals surface area (Å²) in [6.07, 6.45) is 0. The molecule has 0 unspecified atom stereocenters. The van der Waals surface area contributed by atoms with E-state index in [2.05, 4.69) is 36.4 Å². The first-order chi connectivity index (χ1) is 15.6. The molecule has 0 amide bonds. The lowest BCUT2D eigenvalue weighted by atomic mass is 10.3. The van der Waals surface area contributed by atoms with E-state index in [9.17, 15) is 5.11 Å². The number of rotatable bonds is 7. The van der Waals surface area contributed by atoms with E-state index < -0.39 is 7.26 Å². The number of hydrogen-bond acceptors (Lipinski definition) is 4. The molecule has 0 saturated carbocycles. The van der Waals surface area contributed by atoms with Gasteiger partial charge in [-0.1, -0.05) is 12.1 Å². The van der Waals surface area contributed by atoms with Crippen LogP contribution in [0, 0.1) is 0 Å². The summed E-state index contributed by atoms with van der Waals surface area (Å²) in [6, 6.07) is 32.0. The second-order valence-corrected chi connectivity index (χ2v) is 10.6. The van der Waals surface area contributed by atoms with Gasteiger partial charge in [-0.3, -0.25) is 0 Å². The molecule has 0 radical (unpaired) electrons. The fraction of sp³-hybridized carbons (Fsp3) is 0.111. The molecule has 4 aromatic carbocycles. The molecule has 0 aromatic heterocycles. The summed E-state index contributed by atoms with van der Waals surface area (Å²) in [5.74, 6) is 2.62. The summed E-state index contributed by atoms with van der Waals surface area (Å²) in [5.41, 5.74) is 0. The van der Waals surface area contributed by atoms with Crippen LogP contribution in [0.1, 0.15) is 0 Å². The Kier molecular flexibility index (Phi) is 8.01. The van der Waals surface area contributed by atoms with E-state index in [1.165, 1.54) is 0 Å². The highest BCUT2D eigenvalue weighted by molar-refractivity contribution is 8.01. The average Bonchev–Trinajstić information content (AvgIpc) is 2.86. The number of methoxy groups -OCH3 is 3. The van der Waals surface area contributed by atoms with Gasteiger partial charge in [0.25, 0.3) is 0 Å². The molecule has 4 nitrogen and oxygen atoms in total. The first-order valence-corrected chi connectivity index (χ1v) is 12.0. The number of ether oxygens (including phenoxy) is 3. The Hall–Kier alpha value is -3.01. The molecule has 0 heterocycles. The van der Waals surface area contributed by atoms with Crippen LogP contribution in [0.25, 0.3) is 0 Å². The number of phenols is 1. The normalized spacial score (nSPS) is 10.8. The minimum absolute atomic E-state index is 0. The monoisotopic (exact) mass is 524 g/mol. The second-order valence-electron chi connectivity index (χ2n) is 7.25. The summed E-state index contributed by atoms with van der Waals surface area (Å²) in [7, 11) is 2.53. The largest absolute Gasteiger partial charge is 1.00 e. The molecule has 1 N–H and O–H groups in total. The molecule has 0 saturated heterocycles. The van der Waals surface area contributed by atoms with Gasteiger partial charge in [0, 0.05) is 0 Å². The van der Waals surface area contributed by atoms with Gasteiger partial charge in [-0.25, -0.2) is 0 Å². The first kappa shape index (κ1) is 24.6. The van der Waals surface area contributed by atoms with E-state index in [4.69, 9.17) is 14.2 Å². The number of benzene rings is 4. The van der Waals surface area contributed by atoms with Crippen molar-refractivity contribution in [3.05, 3.63) is 97.1 Å².